The number of fused-ring (bicyclic) bond motifs is 5. The Balaban J connectivity index is 1.17. The lowest BCUT2D eigenvalue weighted by Crippen LogP contribution is -2.35. The van der Waals surface area contributed by atoms with Crippen molar-refractivity contribution in [3.8, 4) is 0 Å². The second-order valence-electron chi connectivity index (χ2n) is 12.1. The number of methoxy groups -OCH3 is 1. The molecule has 2 heterocycles. The van der Waals surface area contributed by atoms with E-state index in [0.717, 1.165) is 6.42 Å². The third kappa shape index (κ3) is 10.9. The van der Waals surface area contributed by atoms with E-state index in [0.29, 0.717) is 90.8 Å². The number of aliphatic hydroxyl groups excluding tert-OH is 1. The molecule has 0 radical (unpaired) electrons. The molecule has 3 aliphatic rings. The van der Waals surface area contributed by atoms with Gasteiger partial charge in [-0.05, 0) is 31.1 Å². The Morgan fingerprint density at radius 3 is 2.28 bits per heavy atom. The van der Waals surface area contributed by atoms with Crippen molar-refractivity contribution < 1.29 is 43.2 Å². The normalized spacial score (nSPS) is 21.2. The van der Waals surface area contributed by atoms with E-state index in [4.69, 9.17) is 24.1 Å². The van der Waals surface area contributed by atoms with Gasteiger partial charge >= 0.3 is 0 Å². The summed E-state index contributed by atoms with van der Waals surface area (Å²) in [4.78, 5) is 54.5. The summed E-state index contributed by atoms with van der Waals surface area (Å²) >= 11 is 0. The predicted octanol–water partition coefficient (Wildman–Crippen LogP) is 0.169. The molecule has 4 atom stereocenters. The Bertz CT molecular complexity index is 1160. The highest BCUT2D eigenvalue weighted by molar-refractivity contribution is 6.06. The molecule has 2 N–H and O–H groups in total. The zero-order valence-electron chi connectivity index (χ0n) is 27.4. The summed E-state index contributed by atoms with van der Waals surface area (Å²) in [6.07, 6.45) is 9.25. The van der Waals surface area contributed by atoms with Crippen LogP contribution < -0.4 is 5.32 Å². The number of amides is 4. The molecule has 47 heavy (non-hydrogen) atoms. The van der Waals surface area contributed by atoms with E-state index in [9.17, 15) is 19.2 Å². The summed E-state index contributed by atoms with van der Waals surface area (Å²) < 4.78 is 22.7. The Morgan fingerprint density at radius 1 is 0.915 bits per heavy atom. The van der Waals surface area contributed by atoms with E-state index < -0.39 is 0 Å². The lowest BCUT2D eigenvalue weighted by molar-refractivity contribution is -0.141. The van der Waals surface area contributed by atoms with E-state index in [1.807, 2.05) is 0 Å². The van der Waals surface area contributed by atoms with Gasteiger partial charge in [0.2, 0.25) is 23.6 Å². The highest BCUT2D eigenvalue weighted by Gasteiger charge is 2.58. The van der Waals surface area contributed by atoms with E-state index in [1.165, 1.54) is 4.90 Å². The first-order valence-corrected chi connectivity index (χ1v) is 16.7. The largest absolute Gasteiger partial charge is 0.394 e. The number of hydrogen-bond acceptors (Lipinski definition) is 11. The number of unbranched alkanes of at least 4 members (excludes halogenated alkanes) is 2. The summed E-state index contributed by atoms with van der Waals surface area (Å²) in [5.41, 5.74) is 0.601. The molecule has 1 aromatic rings. The standard InChI is InChI=1S/C32H50N6O9/c1-44-14-9-33-27(40)8-11-36(22-26-23-37(35-34-26)12-15-45-17-19-47-20-18-46-16-13-39)28(41)5-3-2-4-10-38-31(42)29-24-6-7-25(21-24)30(29)32(38)43/h6-7,23-25,29-30,39H,2-5,8-22H2,1H3,(H,33,40)/t24-,25+,29+,30-. The first-order chi connectivity index (χ1) is 22.9. The molecule has 15 heteroatoms. The fourth-order valence-corrected chi connectivity index (χ4v) is 6.46. The van der Waals surface area contributed by atoms with E-state index in [-0.39, 0.29) is 79.8 Å². The van der Waals surface area contributed by atoms with Crippen LogP contribution in [0, 0.1) is 23.7 Å². The summed E-state index contributed by atoms with van der Waals surface area (Å²) in [5.74, 6) is -0.297. The SMILES string of the molecule is COCCNC(=O)CCN(Cc1cn(CCOCCOCCOCCO)nn1)C(=O)CCCCCN1C(=O)[C@@H]2[C@H](C1=O)[C@H]1C=C[C@@H]2C1. The average Bonchev–Trinajstić information content (AvgIpc) is 3.85. The Labute approximate surface area is 275 Å². The van der Waals surface area contributed by atoms with Crippen LogP contribution in [0.3, 0.4) is 0 Å². The van der Waals surface area contributed by atoms with Crippen molar-refractivity contribution in [3.63, 3.8) is 0 Å². The van der Waals surface area contributed by atoms with Crippen molar-refractivity contribution in [2.24, 2.45) is 23.7 Å². The van der Waals surface area contributed by atoms with Gasteiger partial charge in [0.05, 0.1) is 84.0 Å². The molecule has 1 aliphatic heterocycles. The van der Waals surface area contributed by atoms with Gasteiger partial charge in [0.15, 0.2) is 0 Å². The van der Waals surface area contributed by atoms with Gasteiger partial charge in [-0.2, -0.15) is 0 Å². The number of nitrogens with zero attached hydrogens (tertiary/aromatic N) is 5. The van der Waals surface area contributed by atoms with Gasteiger partial charge in [-0.3, -0.25) is 24.1 Å². The van der Waals surface area contributed by atoms with Gasteiger partial charge in [0, 0.05) is 39.6 Å². The number of likely N-dealkylation sites (tertiary alicyclic amines) is 1. The Morgan fingerprint density at radius 2 is 1.60 bits per heavy atom. The first-order valence-electron chi connectivity index (χ1n) is 16.7. The van der Waals surface area contributed by atoms with E-state index in [1.54, 1.807) is 22.9 Å². The lowest BCUT2D eigenvalue weighted by atomic mass is 9.85. The summed E-state index contributed by atoms with van der Waals surface area (Å²) in [6, 6.07) is 0. The van der Waals surface area contributed by atoms with Crippen LogP contribution >= 0.6 is 0 Å². The Kier molecular flexibility index (Phi) is 15.2. The number of carbonyl (C=O) groups excluding carboxylic acids is 4. The molecule has 4 rings (SSSR count). The third-order valence-electron chi connectivity index (χ3n) is 8.81. The molecular weight excluding hydrogens is 612 g/mol. The van der Waals surface area contributed by atoms with Gasteiger partial charge in [0.25, 0.3) is 0 Å². The molecule has 0 aromatic carbocycles. The van der Waals surface area contributed by atoms with Crippen LogP contribution in [0.15, 0.2) is 18.3 Å². The Hall–Kier alpha value is -3.24. The number of nitrogens with one attached hydrogen (secondary N) is 1. The van der Waals surface area contributed by atoms with Crippen molar-refractivity contribution in [2.75, 3.05) is 79.6 Å². The topological polar surface area (TPSA) is 175 Å². The number of imide groups is 1. The fourth-order valence-electron chi connectivity index (χ4n) is 6.46. The highest BCUT2D eigenvalue weighted by atomic mass is 16.5. The maximum absolute atomic E-state index is 13.3. The monoisotopic (exact) mass is 662 g/mol. The quantitative estimate of drug-likeness (QED) is 0.0830. The molecule has 2 fully saturated rings. The predicted molar refractivity (Wildman–Crippen MR) is 167 cm³/mol. The fraction of sp³-hybridized carbons (Fsp3) is 0.750. The number of hydrogen-bond donors (Lipinski definition) is 2. The summed E-state index contributed by atoms with van der Waals surface area (Å²) in [6.45, 7) is 4.50. The second kappa shape index (κ2) is 19.5. The minimum atomic E-state index is -0.182. The maximum Gasteiger partial charge on any atom is 0.233 e. The van der Waals surface area contributed by atoms with Crippen molar-refractivity contribution in [1.29, 1.82) is 0 Å². The average molecular weight is 663 g/mol. The van der Waals surface area contributed by atoms with Crippen LogP contribution in [0.25, 0.3) is 0 Å². The molecular formula is C32H50N6O9. The van der Waals surface area contributed by atoms with Crippen LogP contribution in [-0.4, -0.2) is 133 Å². The molecule has 0 spiro atoms. The number of rotatable bonds is 25. The van der Waals surface area contributed by atoms with Crippen molar-refractivity contribution >= 4 is 23.6 Å². The van der Waals surface area contributed by atoms with Gasteiger partial charge < -0.3 is 34.3 Å². The summed E-state index contributed by atoms with van der Waals surface area (Å²) in [5, 5.41) is 19.8. The zero-order valence-corrected chi connectivity index (χ0v) is 27.4. The molecule has 2 aliphatic carbocycles. The zero-order chi connectivity index (χ0) is 33.4. The molecule has 262 valence electrons. The summed E-state index contributed by atoms with van der Waals surface area (Å²) in [7, 11) is 1.56. The number of carbonyl (C=O) groups is 4. The van der Waals surface area contributed by atoms with Gasteiger partial charge in [-0.15, -0.1) is 5.10 Å². The molecule has 15 nitrogen and oxygen atoms in total. The first kappa shape index (κ1) is 36.6. The third-order valence-corrected chi connectivity index (χ3v) is 8.81. The number of ether oxygens (including phenoxy) is 4. The number of aliphatic hydroxyl groups is 1. The molecule has 4 amide bonds. The van der Waals surface area contributed by atoms with Crippen LogP contribution in [0.2, 0.25) is 0 Å². The molecule has 0 unspecified atom stereocenters. The van der Waals surface area contributed by atoms with Gasteiger partial charge in [-0.1, -0.05) is 23.8 Å². The number of aromatic nitrogens is 3. The van der Waals surface area contributed by atoms with E-state index in [2.05, 4.69) is 27.8 Å². The van der Waals surface area contributed by atoms with Crippen LogP contribution in [0.5, 0.6) is 0 Å². The van der Waals surface area contributed by atoms with Gasteiger partial charge in [0.1, 0.15) is 5.69 Å². The van der Waals surface area contributed by atoms with Crippen LogP contribution in [-0.2, 0) is 51.2 Å². The molecule has 1 aromatic heterocycles. The highest BCUT2D eigenvalue weighted by Crippen LogP contribution is 2.52. The smallest absolute Gasteiger partial charge is 0.233 e. The van der Waals surface area contributed by atoms with Gasteiger partial charge in [-0.25, -0.2) is 4.68 Å². The van der Waals surface area contributed by atoms with Crippen molar-refractivity contribution in [1.82, 2.24) is 30.1 Å². The molecule has 2 bridgehead atoms. The van der Waals surface area contributed by atoms with Crippen molar-refractivity contribution in [2.45, 2.75) is 51.6 Å². The second-order valence-corrected chi connectivity index (χ2v) is 12.1. The van der Waals surface area contributed by atoms with Crippen LogP contribution in [0.4, 0.5) is 0 Å². The molecule has 1 saturated carbocycles. The van der Waals surface area contributed by atoms with Crippen molar-refractivity contribution in [3.05, 3.63) is 24.0 Å². The maximum atomic E-state index is 13.3. The minimum Gasteiger partial charge on any atom is -0.394 e. The molecule has 1 saturated heterocycles. The minimum absolute atomic E-state index is 0.0116. The van der Waals surface area contributed by atoms with Crippen LogP contribution in [0.1, 0.15) is 44.2 Å². The van der Waals surface area contributed by atoms with E-state index >= 15 is 0 Å². The number of allylic oxidation sites excluding steroid dienone is 2. The lowest BCUT2D eigenvalue weighted by Gasteiger charge is -2.22.